The highest BCUT2D eigenvalue weighted by atomic mass is 16.2. The highest BCUT2D eigenvalue weighted by Gasteiger charge is 2.11. The Morgan fingerprint density at radius 3 is 2.56 bits per heavy atom. The molecule has 0 aliphatic heterocycles. The van der Waals surface area contributed by atoms with Crippen LogP contribution in [0.15, 0.2) is 61.1 Å². The van der Waals surface area contributed by atoms with Crippen LogP contribution in [0.25, 0.3) is 0 Å². The molecule has 6 heteroatoms. The number of hydrogen-bond donors (Lipinski definition) is 2. The van der Waals surface area contributed by atoms with Crippen LogP contribution in [0.1, 0.15) is 31.3 Å². The van der Waals surface area contributed by atoms with Gasteiger partial charge in [-0.2, -0.15) is 0 Å². The van der Waals surface area contributed by atoms with Crippen LogP contribution in [0.5, 0.6) is 0 Å². The molecule has 2 heterocycles. The quantitative estimate of drug-likeness (QED) is 0.737. The SMILES string of the molecule is CCc1nccn1[C@H](C)c1ccc(NC(=O)Nc2ccccn2)cc1. The molecule has 0 fully saturated rings. The zero-order chi connectivity index (χ0) is 17.6. The Morgan fingerprint density at radius 2 is 1.88 bits per heavy atom. The smallest absolute Gasteiger partial charge is 0.324 e. The topological polar surface area (TPSA) is 71.8 Å². The van der Waals surface area contributed by atoms with Gasteiger partial charge in [0.25, 0.3) is 0 Å². The van der Waals surface area contributed by atoms with E-state index < -0.39 is 0 Å². The van der Waals surface area contributed by atoms with Crippen LogP contribution in [0.3, 0.4) is 0 Å². The second kappa shape index (κ2) is 7.61. The monoisotopic (exact) mass is 335 g/mol. The number of carbonyl (C=O) groups excluding carboxylic acids is 1. The average Bonchev–Trinajstić information content (AvgIpc) is 3.11. The highest BCUT2D eigenvalue weighted by molar-refractivity contribution is 5.99. The van der Waals surface area contributed by atoms with Crippen LogP contribution in [0.4, 0.5) is 16.3 Å². The van der Waals surface area contributed by atoms with Gasteiger partial charge in [0.2, 0.25) is 0 Å². The number of anilines is 2. The largest absolute Gasteiger partial charge is 0.328 e. The first-order valence-electron chi connectivity index (χ1n) is 8.28. The summed E-state index contributed by atoms with van der Waals surface area (Å²) in [6, 6.07) is 13.0. The maximum Gasteiger partial charge on any atom is 0.324 e. The molecule has 6 nitrogen and oxygen atoms in total. The van der Waals surface area contributed by atoms with Gasteiger partial charge in [0.1, 0.15) is 11.6 Å². The van der Waals surface area contributed by atoms with Crippen LogP contribution < -0.4 is 10.6 Å². The molecule has 1 atom stereocenters. The van der Waals surface area contributed by atoms with E-state index >= 15 is 0 Å². The maximum absolute atomic E-state index is 12.0. The van der Waals surface area contributed by atoms with Crippen LogP contribution in [0.2, 0.25) is 0 Å². The van der Waals surface area contributed by atoms with E-state index in [9.17, 15) is 4.79 Å². The van der Waals surface area contributed by atoms with Gasteiger partial charge >= 0.3 is 6.03 Å². The van der Waals surface area contributed by atoms with E-state index in [1.54, 1.807) is 18.3 Å². The highest BCUT2D eigenvalue weighted by Crippen LogP contribution is 2.21. The molecule has 0 aliphatic rings. The molecule has 2 N–H and O–H groups in total. The van der Waals surface area contributed by atoms with Crippen molar-refractivity contribution in [2.75, 3.05) is 10.6 Å². The number of imidazole rings is 1. The molecule has 0 unspecified atom stereocenters. The van der Waals surface area contributed by atoms with E-state index in [-0.39, 0.29) is 12.1 Å². The Bertz CT molecular complexity index is 827. The fourth-order valence-electron chi connectivity index (χ4n) is 2.69. The lowest BCUT2D eigenvalue weighted by atomic mass is 10.1. The summed E-state index contributed by atoms with van der Waals surface area (Å²) in [5.41, 5.74) is 1.88. The third-order valence-corrected chi connectivity index (χ3v) is 4.04. The van der Waals surface area contributed by atoms with Crippen molar-refractivity contribution in [2.24, 2.45) is 0 Å². The van der Waals surface area contributed by atoms with Gasteiger partial charge < -0.3 is 9.88 Å². The van der Waals surface area contributed by atoms with Crippen molar-refractivity contribution >= 4 is 17.5 Å². The number of carbonyl (C=O) groups is 1. The first kappa shape index (κ1) is 16.7. The number of hydrogen-bond acceptors (Lipinski definition) is 3. The summed E-state index contributed by atoms with van der Waals surface area (Å²) in [6.45, 7) is 4.23. The predicted octanol–water partition coefficient (Wildman–Crippen LogP) is 4.09. The van der Waals surface area contributed by atoms with Gasteiger partial charge in [-0.3, -0.25) is 5.32 Å². The average molecular weight is 335 g/mol. The van der Waals surface area contributed by atoms with Crippen molar-refractivity contribution in [1.82, 2.24) is 14.5 Å². The molecule has 0 spiro atoms. The number of aromatic nitrogens is 3. The minimum absolute atomic E-state index is 0.189. The van der Waals surface area contributed by atoms with E-state index in [2.05, 4.69) is 39.0 Å². The summed E-state index contributed by atoms with van der Waals surface area (Å²) in [4.78, 5) is 20.4. The maximum atomic E-state index is 12.0. The molecule has 0 radical (unpaired) electrons. The van der Waals surface area contributed by atoms with Crippen LogP contribution in [-0.4, -0.2) is 20.6 Å². The van der Waals surface area contributed by atoms with Gasteiger partial charge in [0.15, 0.2) is 0 Å². The van der Waals surface area contributed by atoms with Gasteiger partial charge in [0.05, 0.1) is 6.04 Å². The van der Waals surface area contributed by atoms with Gasteiger partial charge in [-0.15, -0.1) is 0 Å². The van der Waals surface area contributed by atoms with Gasteiger partial charge in [-0.1, -0.05) is 25.1 Å². The molecule has 0 saturated heterocycles. The van der Waals surface area contributed by atoms with Crippen molar-refractivity contribution in [1.29, 1.82) is 0 Å². The van der Waals surface area contributed by atoms with Crippen molar-refractivity contribution in [3.05, 3.63) is 72.4 Å². The molecule has 3 aromatic rings. The minimum atomic E-state index is -0.317. The number of nitrogens with one attached hydrogen (secondary N) is 2. The lowest BCUT2D eigenvalue weighted by Crippen LogP contribution is -2.20. The molecule has 1 aromatic carbocycles. The Labute approximate surface area is 146 Å². The molecule has 25 heavy (non-hydrogen) atoms. The second-order valence-electron chi connectivity index (χ2n) is 5.70. The Kier molecular flexibility index (Phi) is 5.09. The summed E-state index contributed by atoms with van der Waals surface area (Å²) in [5.74, 6) is 1.57. The zero-order valence-corrected chi connectivity index (χ0v) is 14.3. The molecule has 2 amide bonds. The number of benzene rings is 1. The summed E-state index contributed by atoms with van der Waals surface area (Å²) in [6.07, 6.45) is 6.35. The molecular weight excluding hydrogens is 314 g/mol. The molecule has 128 valence electrons. The van der Waals surface area contributed by atoms with Gasteiger partial charge in [0, 0.05) is 30.7 Å². The summed E-state index contributed by atoms with van der Waals surface area (Å²) in [7, 11) is 0. The van der Waals surface area contributed by atoms with Gasteiger partial charge in [-0.25, -0.2) is 14.8 Å². The molecular formula is C19H21N5O. The Balaban J connectivity index is 1.65. The number of aryl methyl sites for hydroxylation is 1. The van der Waals surface area contributed by atoms with E-state index in [0.717, 1.165) is 23.5 Å². The lowest BCUT2D eigenvalue weighted by Gasteiger charge is -2.17. The Hall–Kier alpha value is -3.15. The van der Waals surface area contributed by atoms with Crippen LogP contribution >= 0.6 is 0 Å². The van der Waals surface area contributed by atoms with Crippen LogP contribution in [0, 0.1) is 0 Å². The van der Waals surface area contributed by atoms with Crippen molar-refractivity contribution < 1.29 is 4.79 Å². The minimum Gasteiger partial charge on any atom is -0.328 e. The molecule has 0 bridgehead atoms. The van der Waals surface area contributed by atoms with Crippen molar-refractivity contribution in [2.45, 2.75) is 26.3 Å². The first-order valence-corrected chi connectivity index (χ1v) is 8.28. The zero-order valence-electron chi connectivity index (χ0n) is 14.3. The van der Waals surface area contributed by atoms with E-state index in [4.69, 9.17) is 0 Å². The fraction of sp³-hybridized carbons (Fsp3) is 0.211. The van der Waals surface area contributed by atoms with Crippen LogP contribution in [-0.2, 0) is 6.42 Å². The summed E-state index contributed by atoms with van der Waals surface area (Å²) in [5, 5.41) is 5.50. The molecule has 3 rings (SSSR count). The molecule has 0 saturated carbocycles. The number of rotatable bonds is 5. The number of nitrogens with zero attached hydrogens (tertiary/aromatic N) is 3. The third-order valence-electron chi connectivity index (χ3n) is 4.04. The Morgan fingerprint density at radius 1 is 1.08 bits per heavy atom. The van der Waals surface area contributed by atoms with E-state index in [1.165, 1.54) is 0 Å². The van der Waals surface area contributed by atoms with E-state index in [0.29, 0.717) is 5.82 Å². The number of pyridine rings is 1. The lowest BCUT2D eigenvalue weighted by molar-refractivity contribution is 0.262. The number of amides is 2. The van der Waals surface area contributed by atoms with Crippen molar-refractivity contribution in [3.63, 3.8) is 0 Å². The molecule has 0 aliphatic carbocycles. The third kappa shape index (κ3) is 4.03. The molecule has 2 aromatic heterocycles. The fourth-order valence-corrected chi connectivity index (χ4v) is 2.69. The standard InChI is InChI=1S/C19H21N5O/c1-3-18-21-12-13-24(18)14(2)15-7-9-16(10-8-15)22-19(25)23-17-6-4-5-11-20-17/h4-14H,3H2,1-2H3,(H2,20,22,23,25)/t14-/m1/s1. The van der Waals surface area contributed by atoms with Crippen molar-refractivity contribution in [3.8, 4) is 0 Å². The summed E-state index contributed by atoms with van der Waals surface area (Å²) >= 11 is 0. The number of urea groups is 1. The normalized spacial score (nSPS) is 11.8. The predicted molar refractivity (Wildman–Crippen MR) is 98.7 cm³/mol. The first-order chi connectivity index (χ1) is 12.2. The van der Waals surface area contributed by atoms with Gasteiger partial charge in [-0.05, 0) is 36.8 Å². The second-order valence-corrected chi connectivity index (χ2v) is 5.70. The summed E-state index contributed by atoms with van der Waals surface area (Å²) < 4.78 is 2.16. The van der Waals surface area contributed by atoms with E-state index in [1.807, 2.05) is 42.7 Å².